The molecule has 0 atom stereocenters. The molecule has 2 aromatic heterocycles. The molecule has 7 nitrogen and oxygen atoms in total. The van der Waals surface area contributed by atoms with E-state index in [9.17, 15) is 4.79 Å². The topological polar surface area (TPSA) is 81.4 Å². The molecule has 0 spiro atoms. The fraction of sp³-hybridized carbons (Fsp3) is 0.308. The molecule has 0 fully saturated rings. The summed E-state index contributed by atoms with van der Waals surface area (Å²) in [6.07, 6.45) is 3.72. The summed E-state index contributed by atoms with van der Waals surface area (Å²) < 4.78 is 8.91. The zero-order valence-electron chi connectivity index (χ0n) is 20.3. The second-order valence-corrected chi connectivity index (χ2v) is 11.5. The molecule has 0 saturated carbocycles. The molecule has 0 bridgehead atoms. The minimum absolute atomic E-state index is 0.122. The number of para-hydroxylation sites is 1. The number of benzene rings is 2. The lowest BCUT2D eigenvalue weighted by atomic mass is 9.87. The van der Waals surface area contributed by atoms with Gasteiger partial charge in [0.25, 0.3) is 5.91 Å². The molecule has 35 heavy (non-hydrogen) atoms. The van der Waals surface area contributed by atoms with Crippen molar-refractivity contribution >= 4 is 46.1 Å². The van der Waals surface area contributed by atoms with Crippen LogP contribution in [0.1, 0.15) is 36.9 Å². The Labute approximate surface area is 213 Å². The van der Waals surface area contributed by atoms with Gasteiger partial charge in [0.2, 0.25) is 0 Å². The van der Waals surface area contributed by atoms with Crippen molar-refractivity contribution in [2.45, 2.75) is 44.0 Å². The number of thioether (sulfide) groups is 1. The minimum Gasteiger partial charge on any atom is -0.492 e. The average molecular weight is 508 g/mol. The van der Waals surface area contributed by atoms with E-state index in [0.717, 1.165) is 31.6 Å². The third kappa shape index (κ3) is 6.70. The zero-order valence-corrected chi connectivity index (χ0v) is 21.9. The molecular weight excluding hydrogens is 478 g/mol. The summed E-state index contributed by atoms with van der Waals surface area (Å²) in [5.74, 6) is 0.913. The van der Waals surface area contributed by atoms with Gasteiger partial charge >= 0.3 is 0 Å². The number of carbonyl (C=O) groups is 1. The molecule has 0 saturated heterocycles. The van der Waals surface area contributed by atoms with Crippen molar-refractivity contribution in [2.24, 2.45) is 5.10 Å². The number of nitrogens with zero attached hydrogens (tertiary/aromatic N) is 4. The van der Waals surface area contributed by atoms with Gasteiger partial charge < -0.3 is 9.30 Å². The van der Waals surface area contributed by atoms with Gasteiger partial charge in [-0.15, -0.1) is 10.2 Å². The first-order valence-electron chi connectivity index (χ1n) is 11.4. The summed E-state index contributed by atoms with van der Waals surface area (Å²) in [6.45, 7) is 9.73. The van der Waals surface area contributed by atoms with E-state index in [2.05, 4.69) is 70.3 Å². The SMILES string of the molecule is Cc1nnc(SCC(=O)NN=Cc2cn(CCOc3ccc(C(C)(C)C)cc3)c3ccccc23)s1. The van der Waals surface area contributed by atoms with Crippen molar-refractivity contribution in [2.75, 3.05) is 12.4 Å². The maximum atomic E-state index is 12.1. The lowest BCUT2D eigenvalue weighted by molar-refractivity contribution is -0.118. The molecule has 4 rings (SSSR count). The molecule has 0 aliphatic heterocycles. The molecule has 0 radical (unpaired) electrons. The molecule has 0 unspecified atom stereocenters. The maximum absolute atomic E-state index is 12.1. The van der Waals surface area contributed by atoms with Gasteiger partial charge in [0.1, 0.15) is 17.4 Å². The van der Waals surface area contributed by atoms with Crippen LogP contribution < -0.4 is 10.2 Å². The second-order valence-electron chi connectivity index (χ2n) is 9.09. The van der Waals surface area contributed by atoms with Crippen LogP contribution in [-0.2, 0) is 16.8 Å². The van der Waals surface area contributed by atoms with E-state index in [1.165, 1.54) is 28.7 Å². The molecule has 0 aliphatic carbocycles. The van der Waals surface area contributed by atoms with E-state index in [1.807, 2.05) is 37.4 Å². The van der Waals surface area contributed by atoms with Crippen LogP contribution in [0.4, 0.5) is 0 Å². The Hall–Kier alpha value is -3.17. The largest absolute Gasteiger partial charge is 0.492 e. The molecule has 1 N–H and O–H groups in total. The first-order chi connectivity index (χ1) is 16.8. The van der Waals surface area contributed by atoms with E-state index in [4.69, 9.17) is 4.74 Å². The number of rotatable bonds is 9. The third-order valence-corrected chi connectivity index (χ3v) is 7.34. The first kappa shape index (κ1) is 24.9. The minimum atomic E-state index is -0.186. The molecular formula is C26H29N5O2S2. The molecule has 182 valence electrons. The summed E-state index contributed by atoms with van der Waals surface area (Å²) in [4.78, 5) is 12.1. The molecule has 2 heterocycles. The summed E-state index contributed by atoms with van der Waals surface area (Å²) in [5.41, 5.74) is 6.02. The maximum Gasteiger partial charge on any atom is 0.250 e. The van der Waals surface area contributed by atoms with Crippen LogP contribution >= 0.6 is 23.1 Å². The number of amides is 1. The molecule has 9 heteroatoms. The Kier molecular flexibility index (Phi) is 7.87. The fourth-order valence-electron chi connectivity index (χ4n) is 3.55. The van der Waals surface area contributed by atoms with Gasteiger partial charge in [-0.1, -0.05) is 74.2 Å². The Balaban J connectivity index is 1.34. The van der Waals surface area contributed by atoms with Crippen LogP contribution in [0.5, 0.6) is 5.75 Å². The number of ether oxygens (including phenoxy) is 1. The lowest BCUT2D eigenvalue weighted by Crippen LogP contribution is -2.19. The Morgan fingerprint density at radius 1 is 1.17 bits per heavy atom. The average Bonchev–Trinajstić information content (AvgIpc) is 3.41. The van der Waals surface area contributed by atoms with Crippen LogP contribution in [0.2, 0.25) is 0 Å². The number of hydrazone groups is 1. The first-order valence-corrected chi connectivity index (χ1v) is 13.2. The number of nitrogens with one attached hydrogen (secondary N) is 1. The van der Waals surface area contributed by atoms with Gasteiger partial charge in [0.15, 0.2) is 4.34 Å². The Morgan fingerprint density at radius 3 is 2.66 bits per heavy atom. The van der Waals surface area contributed by atoms with Crippen molar-refractivity contribution in [1.29, 1.82) is 0 Å². The van der Waals surface area contributed by atoms with Gasteiger partial charge in [0, 0.05) is 22.7 Å². The highest BCUT2D eigenvalue weighted by Crippen LogP contribution is 2.25. The Bertz CT molecular complexity index is 1320. The number of carbonyl (C=O) groups excluding carboxylic acids is 1. The van der Waals surface area contributed by atoms with Crippen LogP contribution in [0.25, 0.3) is 10.9 Å². The quantitative estimate of drug-likeness (QED) is 0.186. The number of fused-ring (bicyclic) bond motifs is 1. The van der Waals surface area contributed by atoms with Crippen molar-refractivity contribution < 1.29 is 9.53 Å². The number of aryl methyl sites for hydroxylation is 1. The van der Waals surface area contributed by atoms with E-state index in [1.54, 1.807) is 6.21 Å². The van der Waals surface area contributed by atoms with E-state index >= 15 is 0 Å². The van der Waals surface area contributed by atoms with Crippen LogP contribution in [0.3, 0.4) is 0 Å². The van der Waals surface area contributed by atoms with E-state index < -0.39 is 0 Å². The highest BCUT2D eigenvalue weighted by Gasteiger charge is 2.13. The smallest absolute Gasteiger partial charge is 0.250 e. The molecule has 0 aliphatic rings. The molecule has 1 amide bonds. The standard InChI is InChI=1S/C26H29N5O2S2/c1-18-28-30-25(35-18)34-17-24(32)29-27-15-19-16-31(23-8-6-5-7-22(19)23)13-14-33-21-11-9-20(10-12-21)26(2,3)4/h5-12,15-16H,13-14,17H2,1-4H3,(H,29,32). The Morgan fingerprint density at radius 2 is 1.94 bits per heavy atom. The van der Waals surface area contributed by atoms with E-state index in [0.29, 0.717) is 13.2 Å². The predicted octanol–water partition coefficient (Wildman–Crippen LogP) is 5.42. The fourth-order valence-corrected chi connectivity index (χ4v) is 5.15. The predicted molar refractivity (Wildman–Crippen MR) is 144 cm³/mol. The van der Waals surface area contributed by atoms with Crippen LogP contribution in [0, 0.1) is 6.92 Å². The van der Waals surface area contributed by atoms with Crippen molar-refractivity contribution in [3.63, 3.8) is 0 Å². The summed E-state index contributed by atoms with van der Waals surface area (Å²) in [7, 11) is 0. The number of hydrogen-bond acceptors (Lipinski definition) is 7. The second kappa shape index (κ2) is 11.0. The van der Waals surface area contributed by atoms with Gasteiger partial charge in [-0.2, -0.15) is 5.10 Å². The van der Waals surface area contributed by atoms with Crippen molar-refractivity contribution in [3.8, 4) is 5.75 Å². The van der Waals surface area contributed by atoms with Crippen LogP contribution in [-0.4, -0.2) is 39.2 Å². The van der Waals surface area contributed by atoms with Crippen LogP contribution in [0.15, 0.2) is 64.2 Å². The van der Waals surface area contributed by atoms with Gasteiger partial charge in [-0.3, -0.25) is 4.79 Å². The van der Waals surface area contributed by atoms with Gasteiger partial charge in [0.05, 0.1) is 18.5 Å². The molecule has 4 aromatic rings. The number of aromatic nitrogens is 3. The van der Waals surface area contributed by atoms with Gasteiger partial charge in [-0.05, 0) is 36.1 Å². The zero-order chi connectivity index (χ0) is 24.8. The highest BCUT2D eigenvalue weighted by molar-refractivity contribution is 8.01. The summed E-state index contributed by atoms with van der Waals surface area (Å²) in [5, 5.41) is 14.1. The molecule has 2 aromatic carbocycles. The lowest BCUT2D eigenvalue weighted by Gasteiger charge is -2.19. The van der Waals surface area contributed by atoms with Gasteiger partial charge in [-0.25, -0.2) is 5.43 Å². The monoisotopic (exact) mass is 507 g/mol. The highest BCUT2D eigenvalue weighted by atomic mass is 32.2. The number of hydrogen-bond donors (Lipinski definition) is 1. The van der Waals surface area contributed by atoms with Crippen molar-refractivity contribution in [1.82, 2.24) is 20.2 Å². The van der Waals surface area contributed by atoms with Crippen molar-refractivity contribution in [3.05, 3.63) is 70.9 Å². The third-order valence-electron chi connectivity index (χ3n) is 5.37. The normalized spacial score (nSPS) is 11.9. The summed E-state index contributed by atoms with van der Waals surface area (Å²) >= 11 is 2.82. The summed E-state index contributed by atoms with van der Waals surface area (Å²) in [6, 6.07) is 16.4. The van der Waals surface area contributed by atoms with E-state index in [-0.39, 0.29) is 17.1 Å².